The maximum Gasteiger partial charge on any atom is 0.322 e. The Kier molecular flexibility index (Phi) is 5.07. The van der Waals surface area contributed by atoms with Crippen molar-refractivity contribution >= 4 is 27.9 Å². The van der Waals surface area contributed by atoms with E-state index in [9.17, 15) is 22.8 Å². The fraction of sp³-hybridized carbons (Fsp3) is 0.526. The number of rotatable bonds is 4. The quantitative estimate of drug-likeness (QED) is 0.644. The molecule has 1 saturated carbocycles. The molecule has 4 rings (SSSR count). The highest BCUT2D eigenvalue weighted by Crippen LogP contribution is 2.43. The van der Waals surface area contributed by atoms with Crippen LogP contribution in [0.2, 0.25) is 0 Å². The average Bonchev–Trinajstić information content (AvgIpc) is 2.90. The van der Waals surface area contributed by atoms with Crippen LogP contribution in [0.25, 0.3) is 0 Å². The summed E-state index contributed by atoms with van der Waals surface area (Å²) in [5.41, 5.74) is 0.982. The number of sulfonamides is 1. The molecular weight excluding hydrogens is 396 g/mol. The van der Waals surface area contributed by atoms with E-state index in [4.69, 9.17) is 0 Å². The monoisotopic (exact) mass is 420 g/mol. The van der Waals surface area contributed by atoms with E-state index in [2.05, 4.69) is 16.0 Å². The van der Waals surface area contributed by atoms with Gasteiger partial charge in [-0.2, -0.15) is 4.31 Å². The summed E-state index contributed by atoms with van der Waals surface area (Å²) in [6.45, 7) is 2.33. The lowest BCUT2D eigenvalue weighted by molar-refractivity contribution is -0.125. The molecule has 2 aliphatic heterocycles. The molecule has 2 saturated heterocycles. The number of carbonyl (C=O) groups is 3. The van der Waals surface area contributed by atoms with Crippen LogP contribution in [0.1, 0.15) is 31.2 Å². The SMILES string of the molecule is Cc1ccc(S(=O)(=O)N2CC[C@H]3C[C@@H](NC(=O)[C@H]4CCC(=O)NC(=O)N4)[C@H]32)cc1. The minimum atomic E-state index is -3.64. The predicted octanol–water partition coefficient (Wildman–Crippen LogP) is 0.251. The number of nitrogens with one attached hydrogen (secondary N) is 3. The molecule has 156 valence electrons. The lowest BCUT2D eigenvalue weighted by Gasteiger charge is -2.44. The number of hydrogen-bond acceptors (Lipinski definition) is 5. The number of imide groups is 1. The van der Waals surface area contributed by atoms with Crippen molar-refractivity contribution in [3.63, 3.8) is 0 Å². The second-order valence-corrected chi connectivity index (χ2v) is 9.82. The van der Waals surface area contributed by atoms with E-state index >= 15 is 0 Å². The maximum absolute atomic E-state index is 13.1. The van der Waals surface area contributed by atoms with Crippen molar-refractivity contribution in [3.05, 3.63) is 29.8 Å². The van der Waals surface area contributed by atoms with E-state index in [1.165, 1.54) is 4.31 Å². The smallest absolute Gasteiger partial charge is 0.322 e. The zero-order valence-electron chi connectivity index (χ0n) is 16.1. The molecule has 29 heavy (non-hydrogen) atoms. The van der Waals surface area contributed by atoms with Crippen LogP contribution in [0.15, 0.2) is 29.2 Å². The molecule has 2 heterocycles. The van der Waals surface area contributed by atoms with Crippen LogP contribution >= 0.6 is 0 Å². The maximum atomic E-state index is 13.1. The van der Waals surface area contributed by atoms with Gasteiger partial charge in [0.05, 0.1) is 4.90 Å². The molecule has 1 aromatic rings. The fourth-order valence-corrected chi connectivity index (χ4v) is 6.12. The Bertz CT molecular complexity index is 946. The van der Waals surface area contributed by atoms with Crippen molar-refractivity contribution in [1.29, 1.82) is 0 Å². The summed E-state index contributed by atoms with van der Waals surface area (Å²) >= 11 is 0. The third-order valence-electron chi connectivity index (χ3n) is 5.99. The molecule has 3 N–H and O–H groups in total. The normalized spacial score (nSPS) is 29.8. The third-order valence-corrected chi connectivity index (χ3v) is 7.91. The average molecular weight is 420 g/mol. The Morgan fingerprint density at radius 1 is 1.17 bits per heavy atom. The lowest BCUT2D eigenvalue weighted by atomic mass is 9.75. The Hall–Kier alpha value is -2.46. The zero-order valence-corrected chi connectivity index (χ0v) is 16.9. The standard InChI is InChI=1S/C19H24N4O5S/c1-11-2-4-13(5-3-11)29(27,28)23-9-8-12-10-15(17(12)23)20-18(25)14-6-7-16(24)22-19(26)21-14/h2-5,12,14-15,17H,6-10H2,1H3,(H,20,25)(H2,21,22,24,26)/t12-,14+,15+,17-/m0/s1. The molecule has 9 nitrogen and oxygen atoms in total. The molecule has 0 unspecified atom stereocenters. The lowest BCUT2D eigenvalue weighted by Crippen LogP contribution is -2.62. The van der Waals surface area contributed by atoms with Gasteiger partial charge in [-0.05, 0) is 44.2 Å². The Labute approximate surface area is 169 Å². The molecule has 0 aromatic heterocycles. The first kappa shape index (κ1) is 19.8. The van der Waals surface area contributed by atoms with Crippen LogP contribution in [-0.2, 0) is 19.6 Å². The molecule has 1 aliphatic carbocycles. The molecule has 1 aromatic carbocycles. The van der Waals surface area contributed by atoms with Gasteiger partial charge in [-0.3, -0.25) is 14.9 Å². The molecule has 3 fully saturated rings. The van der Waals surface area contributed by atoms with E-state index in [0.29, 0.717) is 13.0 Å². The van der Waals surface area contributed by atoms with Gasteiger partial charge in [-0.25, -0.2) is 13.2 Å². The van der Waals surface area contributed by atoms with Gasteiger partial charge in [0.25, 0.3) is 0 Å². The van der Waals surface area contributed by atoms with Crippen molar-refractivity contribution in [2.45, 2.75) is 55.6 Å². The van der Waals surface area contributed by atoms with Crippen molar-refractivity contribution in [2.75, 3.05) is 6.54 Å². The molecule has 3 aliphatic rings. The molecule has 4 atom stereocenters. The second-order valence-electron chi connectivity index (χ2n) is 7.93. The number of amides is 4. The summed E-state index contributed by atoms with van der Waals surface area (Å²) in [7, 11) is -3.64. The largest absolute Gasteiger partial charge is 0.350 e. The van der Waals surface area contributed by atoms with Crippen LogP contribution in [0.5, 0.6) is 0 Å². The molecule has 0 spiro atoms. The first-order valence-corrected chi connectivity index (χ1v) is 11.2. The third kappa shape index (κ3) is 3.74. The number of hydrogen-bond donors (Lipinski definition) is 3. The summed E-state index contributed by atoms with van der Waals surface area (Å²) in [5, 5.41) is 7.50. The summed E-state index contributed by atoms with van der Waals surface area (Å²) in [4.78, 5) is 35.9. The van der Waals surface area contributed by atoms with E-state index in [1.54, 1.807) is 24.3 Å². The van der Waals surface area contributed by atoms with Gasteiger partial charge in [0, 0.05) is 25.0 Å². The van der Waals surface area contributed by atoms with E-state index < -0.39 is 33.9 Å². The van der Waals surface area contributed by atoms with Gasteiger partial charge in [-0.15, -0.1) is 0 Å². The molecule has 10 heteroatoms. The topological polar surface area (TPSA) is 125 Å². The minimum Gasteiger partial charge on any atom is -0.350 e. The number of fused-ring (bicyclic) bond motifs is 1. The molecule has 4 amide bonds. The minimum absolute atomic E-state index is 0.0709. The fourth-order valence-electron chi connectivity index (χ4n) is 4.39. The van der Waals surface area contributed by atoms with Gasteiger partial charge >= 0.3 is 6.03 Å². The van der Waals surface area contributed by atoms with Gasteiger partial charge < -0.3 is 10.6 Å². The summed E-state index contributed by atoms with van der Waals surface area (Å²) in [5.74, 6) is -0.599. The highest BCUT2D eigenvalue weighted by molar-refractivity contribution is 7.89. The Balaban J connectivity index is 1.46. The van der Waals surface area contributed by atoms with E-state index in [1.807, 2.05) is 6.92 Å². The van der Waals surface area contributed by atoms with E-state index in [-0.39, 0.29) is 35.7 Å². The summed E-state index contributed by atoms with van der Waals surface area (Å²) in [6.07, 6.45) is 1.74. The Morgan fingerprint density at radius 2 is 1.90 bits per heavy atom. The van der Waals surface area contributed by atoms with Gasteiger partial charge in [-0.1, -0.05) is 17.7 Å². The predicted molar refractivity (Wildman–Crippen MR) is 103 cm³/mol. The number of benzene rings is 1. The first-order chi connectivity index (χ1) is 13.8. The number of carbonyl (C=O) groups excluding carboxylic acids is 3. The highest BCUT2D eigenvalue weighted by atomic mass is 32.2. The number of nitrogens with zero attached hydrogens (tertiary/aromatic N) is 1. The van der Waals surface area contributed by atoms with Gasteiger partial charge in [0.1, 0.15) is 6.04 Å². The molecule has 0 radical (unpaired) electrons. The second kappa shape index (κ2) is 7.42. The van der Waals surface area contributed by atoms with E-state index in [0.717, 1.165) is 12.0 Å². The molecular formula is C19H24N4O5S. The van der Waals surface area contributed by atoms with Crippen molar-refractivity contribution < 1.29 is 22.8 Å². The summed E-state index contributed by atoms with van der Waals surface area (Å²) < 4.78 is 27.7. The first-order valence-electron chi connectivity index (χ1n) is 9.75. The zero-order chi connectivity index (χ0) is 20.8. The summed E-state index contributed by atoms with van der Waals surface area (Å²) in [6, 6.07) is 4.65. The van der Waals surface area contributed by atoms with Crippen LogP contribution in [0.4, 0.5) is 4.79 Å². The van der Waals surface area contributed by atoms with Crippen LogP contribution < -0.4 is 16.0 Å². The van der Waals surface area contributed by atoms with Crippen molar-refractivity contribution in [1.82, 2.24) is 20.3 Å². The van der Waals surface area contributed by atoms with Crippen molar-refractivity contribution in [2.24, 2.45) is 5.92 Å². The van der Waals surface area contributed by atoms with Gasteiger partial charge in [0.2, 0.25) is 21.8 Å². The molecule has 0 bridgehead atoms. The Morgan fingerprint density at radius 3 is 2.62 bits per heavy atom. The van der Waals surface area contributed by atoms with Crippen LogP contribution in [0, 0.1) is 12.8 Å². The van der Waals surface area contributed by atoms with Crippen LogP contribution in [0.3, 0.4) is 0 Å². The number of aryl methyl sites for hydroxylation is 1. The number of urea groups is 1. The van der Waals surface area contributed by atoms with Crippen LogP contribution in [-0.4, -0.2) is 55.2 Å². The van der Waals surface area contributed by atoms with Gasteiger partial charge in [0.15, 0.2) is 0 Å². The van der Waals surface area contributed by atoms with Crippen molar-refractivity contribution in [3.8, 4) is 0 Å². The highest BCUT2D eigenvalue weighted by Gasteiger charge is 2.53.